The number of halogens is 2. The molecule has 0 spiro atoms. The van der Waals surface area contributed by atoms with Crippen molar-refractivity contribution in [2.24, 2.45) is 5.92 Å². The zero-order valence-electron chi connectivity index (χ0n) is 10.0. The van der Waals surface area contributed by atoms with Gasteiger partial charge in [-0.1, -0.05) is 31.4 Å². The molecule has 0 amide bonds. The summed E-state index contributed by atoms with van der Waals surface area (Å²) in [5, 5.41) is 7.87. The quantitative estimate of drug-likeness (QED) is 0.831. The first-order chi connectivity index (χ1) is 8.08. The Kier molecular flexibility index (Phi) is 4.05. The minimum atomic E-state index is 0.139. The van der Waals surface area contributed by atoms with Crippen LogP contribution in [0, 0.1) is 5.92 Å². The number of nitrogens with zero attached hydrogens (tertiary/aromatic N) is 4. The van der Waals surface area contributed by atoms with E-state index in [1.165, 1.54) is 19.3 Å². The Morgan fingerprint density at radius 3 is 2.71 bits per heavy atom. The Morgan fingerprint density at radius 1 is 1.24 bits per heavy atom. The summed E-state index contributed by atoms with van der Waals surface area (Å²) in [6.07, 6.45) is 4.88. The number of rotatable bonds is 2. The van der Waals surface area contributed by atoms with Gasteiger partial charge in [0.05, 0.1) is 0 Å². The normalized spacial score (nSPS) is 24.7. The minimum Gasteiger partial charge on any atom is -0.354 e. The first-order valence-electron chi connectivity index (χ1n) is 5.86. The standard InChI is InChI=1S/C11H16Cl2N4/c1-7-4-3-5-8(6-7)17(2)10-9(12)15-16-11(13)14-10/h7-8H,3-6H2,1-2H3. The first-order valence-corrected chi connectivity index (χ1v) is 6.62. The van der Waals surface area contributed by atoms with E-state index >= 15 is 0 Å². The lowest BCUT2D eigenvalue weighted by Gasteiger charge is -2.34. The van der Waals surface area contributed by atoms with Crippen LogP contribution >= 0.6 is 23.2 Å². The molecule has 17 heavy (non-hydrogen) atoms. The summed E-state index contributed by atoms with van der Waals surface area (Å²) in [7, 11) is 1.99. The maximum atomic E-state index is 6.01. The van der Waals surface area contributed by atoms with Crippen LogP contribution in [0.15, 0.2) is 0 Å². The molecule has 1 aliphatic carbocycles. The van der Waals surface area contributed by atoms with E-state index in [9.17, 15) is 0 Å². The van der Waals surface area contributed by atoms with Gasteiger partial charge in [0, 0.05) is 13.1 Å². The Bertz CT molecular complexity index is 399. The highest BCUT2D eigenvalue weighted by Crippen LogP contribution is 2.31. The fourth-order valence-corrected chi connectivity index (χ4v) is 2.77. The lowest BCUT2D eigenvalue weighted by Crippen LogP contribution is -2.36. The van der Waals surface area contributed by atoms with Crippen molar-refractivity contribution < 1.29 is 0 Å². The van der Waals surface area contributed by atoms with Crippen molar-refractivity contribution in [2.45, 2.75) is 38.6 Å². The van der Waals surface area contributed by atoms with E-state index in [2.05, 4.69) is 27.0 Å². The summed E-state index contributed by atoms with van der Waals surface area (Å²) in [5.41, 5.74) is 0. The van der Waals surface area contributed by atoms with Crippen molar-refractivity contribution in [3.05, 3.63) is 10.4 Å². The van der Waals surface area contributed by atoms with Crippen LogP contribution in [0.4, 0.5) is 5.82 Å². The smallest absolute Gasteiger partial charge is 0.245 e. The SMILES string of the molecule is CC1CCCC(N(C)c2nc(Cl)nnc2Cl)C1. The van der Waals surface area contributed by atoms with Crippen molar-refractivity contribution in [1.82, 2.24) is 15.2 Å². The van der Waals surface area contributed by atoms with Crippen molar-refractivity contribution in [1.29, 1.82) is 0 Å². The van der Waals surface area contributed by atoms with E-state index in [0.29, 0.717) is 17.0 Å². The van der Waals surface area contributed by atoms with Gasteiger partial charge in [0.25, 0.3) is 0 Å². The molecule has 0 aromatic carbocycles. The molecule has 2 rings (SSSR count). The maximum absolute atomic E-state index is 6.01. The monoisotopic (exact) mass is 274 g/mol. The van der Waals surface area contributed by atoms with Crippen LogP contribution in [-0.2, 0) is 0 Å². The Morgan fingerprint density at radius 2 is 2.00 bits per heavy atom. The molecule has 1 aliphatic rings. The summed E-state index contributed by atoms with van der Waals surface area (Å²) < 4.78 is 0. The Hall–Kier alpha value is -0.610. The van der Waals surface area contributed by atoms with Gasteiger partial charge in [-0.3, -0.25) is 0 Å². The highest BCUT2D eigenvalue weighted by atomic mass is 35.5. The molecular formula is C11H16Cl2N4. The summed E-state index contributed by atoms with van der Waals surface area (Å²) in [6.45, 7) is 2.28. The van der Waals surface area contributed by atoms with Crippen LogP contribution in [0.3, 0.4) is 0 Å². The van der Waals surface area contributed by atoms with Gasteiger partial charge in [0.15, 0.2) is 11.0 Å². The van der Waals surface area contributed by atoms with Crippen LogP contribution in [0.1, 0.15) is 32.6 Å². The van der Waals surface area contributed by atoms with Gasteiger partial charge in [-0.15, -0.1) is 10.2 Å². The Labute approximate surface area is 111 Å². The van der Waals surface area contributed by atoms with E-state index in [1.807, 2.05) is 7.05 Å². The Balaban J connectivity index is 2.18. The van der Waals surface area contributed by atoms with Gasteiger partial charge >= 0.3 is 0 Å². The molecule has 1 aromatic heterocycles. The first kappa shape index (κ1) is 12.8. The molecule has 1 saturated carbocycles. The fraction of sp³-hybridized carbons (Fsp3) is 0.727. The van der Waals surface area contributed by atoms with Crippen LogP contribution in [-0.4, -0.2) is 28.3 Å². The van der Waals surface area contributed by atoms with E-state index in [0.717, 1.165) is 12.3 Å². The third-order valence-electron chi connectivity index (χ3n) is 3.39. The molecular weight excluding hydrogens is 259 g/mol. The average Bonchev–Trinajstić information content (AvgIpc) is 2.31. The van der Waals surface area contributed by atoms with E-state index in [-0.39, 0.29) is 5.28 Å². The third kappa shape index (κ3) is 2.99. The summed E-state index contributed by atoms with van der Waals surface area (Å²) in [4.78, 5) is 6.24. The number of hydrogen-bond acceptors (Lipinski definition) is 4. The molecule has 1 heterocycles. The van der Waals surface area contributed by atoms with E-state index in [4.69, 9.17) is 23.2 Å². The van der Waals surface area contributed by atoms with E-state index < -0.39 is 0 Å². The highest BCUT2D eigenvalue weighted by molar-refractivity contribution is 6.32. The number of anilines is 1. The van der Waals surface area contributed by atoms with Crippen molar-refractivity contribution in [3.63, 3.8) is 0 Å². The molecule has 4 nitrogen and oxygen atoms in total. The van der Waals surface area contributed by atoms with Crippen LogP contribution in [0.2, 0.25) is 10.4 Å². The summed E-state index contributed by atoms with van der Waals surface area (Å²) in [6, 6.07) is 0.462. The molecule has 0 aliphatic heterocycles. The summed E-state index contributed by atoms with van der Waals surface area (Å²) >= 11 is 11.8. The molecule has 94 valence electrons. The molecule has 6 heteroatoms. The number of aromatic nitrogens is 3. The lowest BCUT2D eigenvalue weighted by atomic mass is 9.86. The molecule has 0 saturated heterocycles. The number of hydrogen-bond donors (Lipinski definition) is 0. The second-order valence-electron chi connectivity index (χ2n) is 4.73. The molecule has 1 fully saturated rings. The lowest BCUT2D eigenvalue weighted by molar-refractivity contribution is 0.335. The van der Waals surface area contributed by atoms with Crippen molar-refractivity contribution in [2.75, 3.05) is 11.9 Å². The second kappa shape index (κ2) is 5.36. The van der Waals surface area contributed by atoms with Gasteiger partial charge in [0.2, 0.25) is 5.28 Å². The molecule has 2 unspecified atom stereocenters. The summed E-state index contributed by atoms with van der Waals surface area (Å²) in [5.74, 6) is 1.38. The second-order valence-corrected chi connectivity index (χ2v) is 5.43. The molecule has 0 N–H and O–H groups in total. The maximum Gasteiger partial charge on any atom is 0.245 e. The van der Waals surface area contributed by atoms with Crippen molar-refractivity contribution >= 4 is 29.0 Å². The van der Waals surface area contributed by atoms with Crippen LogP contribution in [0.25, 0.3) is 0 Å². The largest absolute Gasteiger partial charge is 0.354 e. The highest BCUT2D eigenvalue weighted by Gasteiger charge is 2.25. The average molecular weight is 275 g/mol. The molecule has 0 radical (unpaired) electrons. The van der Waals surface area contributed by atoms with Crippen molar-refractivity contribution in [3.8, 4) is 0 Å². The molecule has 2 atom stereocenters. The molecule has 0 bridgehead atoms. The topological polar surface area (TPSA) is 41.9 Å². The van der Waals surface area contributed by atoms with Gasteiger partial charge in [-0.05, 0) is 30.4 Å². The van der Waals surface area contributed by atoms with Crippen LogP contribution < -0.4 is 4.90 Å². The fourth-order valence-electron chi connectivity index (χ4n) is 2.44. The van der Waals surface area contributed by atoms with Crippen LogP contribution in [0.5, 0.6) is 0 Å². The molecule has 1 aromatic rings. The van der Waals surface area contributed by atoms with Gasteiger partial charge in [-0.2, -0.15) is 4.98 Å². The minimum absolute atomic E-state index is 0.139. The predicted octanol–water partition coefficient (Wildman–Crippen LogP) is 3.19. The zero-order chi connectivity index (χ0) is 12.4. The van der Waals surface area contributed by atoms with Gasteiger partial charge in [0.1, 0.15) is 0 Å². The van der Waals surface area contributed by atoms with E-state index in [1.54, 1.807) is 0 Å². The predicted molar refractivity (Wildman–Crippen MR) is 69.7 cm³/mol. The zero-order valence-corrected chi connectivity index (χ0v) is 11.5. The van der Waals surface area contributed by atoms with Gasteiger partial charge < -0.3 is 4.90 Å². The third-order valence-corrected chi connectivity index (χ3v) is 3.80. The van der Waals surface area contributed by atoms with Gasteiger partial charge in [-0.25, -0.2) is 0 Å².